The fourth-order valence-electron chi connectivity index (χ4n) is 2.32. The highest BCUT2D eigenvalue weighted by Crippen LogP contribution is 2.29. The molecule has 2 rings (SSSR count). The summed E-state index contributed by atoms with van der Waals surface area (Å²) < 4.78 is 13.2. The van der Waals surface area contributed by atoms with Gasteiger partial charge in [-0.05, 0) is 38.0 Å². The number of β-amino-alcohol motifs (C(OH)–C–C–N with tert-alkyl or cyclic N) is 1. The third kappa shape index (κ3) is 2.76. The fraction of sp³-hybridized carbons (Fsp3) is 0.538. The lowest BCUT2D eigenvalue weighted by Gasteiger charge is -2.33. The van der Waals surface area contributed by atoms with Crippen molar-refractivity contribution in [1.29, 1.82) is 0 Å². The Morgan fingerprint density at radius 3 is 2.88 bits per heavy atom. The molecule has 1 aromatic carbocycles. The van der Waals surface area contributed by atoms with Crippen LogP contribution in [-0.4, -0.2) is 29.4 Å². The Bertz CT molecular complexity index is 395. The van der Waals surface area contributed by atoms with Gasteiger partial charge in [-0.15, -0.1) is 0 Å². The molecule has 1 saturated heterocycles. The van der Waals surface area contributed by atoms with Crippen LogP contribution in [0.1, 0.15) is 31.4 Å². The lowest BCUT2D eigenvalue weighted by molar-refractivity contribution is 0.153. The van der Waals surface area contributed by atoms with Gasteiger partial charge in [-0.25, -0.2) is 4.39 Å². The van der Waals surface area contributed by atoms with E-state index in [1.807, 2.05) is 4.90 Å². The molecule has 2 N–H and O–H groups in total. The molecule has 0 bridgehead atoms. The van der Waals surface area contributed by atoms with Crippen LogP contribution in [0.5, 0.6) is 0 Å². The average Bonchev–Trinajstić information content (AvgIpc) is 2.28. The predicted octanol–water partition coefficient (Wildman–Crippen LogP) is 1.84. The van der Waals surface area contributed by atoms with Gasteiger partial charge in [0.05, 0.1) is 12.2 Å². The van der Waals surface area contributed by atoms with Crippen molar-refractivity contribution in [3.8, 4) is 0 Å². The van der Waals surface area contributed by atoms with Gasteiger partial charge in [-0.3, -0.25) is 0 Å². The van der Waals surface area contributed by atoms with Gasteiger partial charge in [0.2, 0.25) is 0 Å². The summed E-state index contributed by atoms with van der Waals surface area (Å²) in [6.45, 7) is 3.01. The van der Waals surface area contributed by atoms with E-state index in [1.165, 1.54) is 12.1 Å². The number of anilines is 1. The topological polar surface area (TPSA) is 43.7 Å². The lowest BCUT2D eigenvalue weighted by Crippen LogP contribution is -2.38. The Balaban J connectivity index is 2.30. The SMILES string of the molecule is C[C@H](O)c1cc(F)ccc1N1CCCC(O)C1. The van der Waals surface area contributed by atoms with Crippen molar-refractivity contribution >= 4 is 5.69 Å². The van der Waals surface area contributed by atoms with Gasteiger partial charge < -0.3 is 15.1 Å². The van der Waals surface area contributed by atoms with Crippen LogP contribution >= 0.6 is 0 Å². The molecule has 1 aliphatic rings. The molecule has 0 spiro atoms. The monoisotopic (exact) mass is 239 g/mol. The molecule has 2 atom stereocenters. The van der Waals surface area contributed by atoms with Crippen LogP contribution in [-0.2, 0) is 0 Å². The molecule has 1 unspecified atom stereocenters. The second kappa shape index (κ2) is 5.02. The van der Waals surface area contributed by atoms with Gasteiger partial charge >= 0.3 is 0 Å². The van der Waals surface area contributed by atoms with Crippen LogP contribution in [0.3, 0.4) is 0 Å². The summed E-state index contributed by atoms with van der Waals surface area (Å²) >= 11 is 0. The van der Waals surface area contributed by atoms with Gasteiger partial charge in [0, 0.05) is 24.3 Å². The molecule has 1 heterocycles. The molecule has 94 valence electrons. The van der Waals surface area contributed by atoms with E-state index in [0.717, 1.165) is 25.1 Å². The molecule has 17 heavy (non-hydrogen) atoms. The molecule has 4 heteroatoms. The third-order valence-corrected chi connectivity index (χ3v) is 3.18. The molecule has 1 aliphatic heterocycles. The zero-order valence-corrected chi connectivity index (χ0v) is 9.93. The molecule has 1 fully saturated rings. The van der Waals surface area contributed by atoms with Gasteiger partial charge in [0.1, 0.15) is 5.82 Å². The first-order valence-electron chi connectivity index (χ1n) is 5.98. The molecule has 0 radical (unpaired) electrons. The van der Waals surface area contributed by atoms with Crippen molar-refractivity contribution in [2.45, 2.75) is 32.0 Å². The maximum absolute atomic E-state index is 13.2. The van der Waals surface area contributed by atoms with Gasteiger partial charge in [0.15, 0.2) is 0 Å². The smallest absolute Gasteiger partial charge is 0.123 e. The van der Waals surface area contributed by atoms with Crippen molar-refractivity contribution in [1.82, 2.24) is 0 Å². The zero-order chi connectivity index (χ0) is 12.4. The molecular formula is C13H18FNO2. The van der Waals surface area contributed by atoms with E-state index in [0.29, 0.717) is 12.1 Å². The standard InChI is InChI=1S/C13H18FNO2/c1-9(16)12-7-10(14)4-5-13(12)15-6-2-3-11(17)8-15/h4-5,7,9,11,16-17H,2-3,6,8H2,1H3/t9-,11?/m0/s1. The highest BCUT2D eigenvalue weighted by atomic mass is 19.1. The number of piperidine rings is 1. The Kier molecular flexibility index (Phi) is 3.64. The van der Waals surface area contributed by atoms with Crippen molar-refractivity contribution < 1.29 is 14.6 Å². The molecule has 3 nitrogen and oxygen atoms in total. The van der Waals surface area contributed by atoms with Crippen molar-refractivity contribution in [2.24, 2.45) is 0 Å². The Morgan fingerprint density at radius 1 is 1.47 bits per heavy atom. The van der Waals surface area contributed by atoms with E-state index in [2.05, 4.69) is 0 Å². The first-order chi connectivity index (χ1) is 8.08. The van der Waals surface area contributed by atoms with Gasteiger partial charge in [-0.2, -0.15) is 0 Å². The lowest BCUT2D eigenvalue weighted by atomic mass is 10.0. The number of nitrogens with zero attached hydrogens (tertiary/aromatic N) is 1. The van der Waals surface area contributed by atoms with Crippen LogP contribution in [0, 0.1) is 5.82 Å². The molecule has 0 saturated carbocycles. The Morgan fingerprint density at radius 2 is 2.24 bits per heavy atom. The van der Waals surface area contributed by atoms with E-state index in [4.69, 9.17) is 0 Å². The summed E-state index contributed by atoms with van der Waals surface area (Å²) in [4.78, 5) is 2.01. The average molecular weight is 239 g/mol. The number of benzene rings is 1. The van der Waals surface area contributed by atoms with Crippen molar-refractivity contribution in [3.05, 3.63) is 29.6 Å². The van der Waals surface area contributed by atoms with E-state index in [-0.39, 0.29) is 11.9 Å². The summed E-state index contributed by atoms with van der Waals surface area (Å²) in [5.41, 5.74) is 1.40. The maximum atomic E-state index is 13.2. The number of rotatable bonds is 2. The van der Waals surface area contributed by atoms with E-state index in [9.17, 15) is 14.6 Å². The van der Waals surface area contributed by atoms with Crippen LogP contribution in [0.25, 0.3) is 0 Å². The molecule has 0 aromatic heterocycles. The normalized spacial score (nSPS) is 22.6. The Labute approximate surface area is 100 Å². The fourth-order valence-corrected chi connectivity index (χ4v) is 2.32. The zero-order valence-electron chi connectivity index (χ0n) is 9.93. The van der Waals surface area contributed by atoms with E-state index < -0.39 is 6.10 Å². The van der Waals surface area contributed by atoms with E-state index in [1.54, 1.807) is 13.0 Å². The quantitative estimate of drug-likeness (QED) is 0.827. The minimum atomic E-state index is -0.709. The third-order valence-electron chi connectivity index (χ3n) is 3.18. The number of halogens is 1. The van der Waals surface area contributed by atoms with E-state index >= 15 is 0 Å². The number of hydrogen-bond donors (Lipinski definition) is 2. The van der Waals surface area contributed by atoms with Crippen LogP contribution in [0.4, 0.5) is 10.1 Å². The minimum absolute atomic E-state index is 0.337. The van der Waals surface area contributed by atoms with Crippen LogP contribution in [0.2, 0.25) is 0 Å². The molecule has 1 aromatic rings. The first-order valence-corrected chi connectivity index (χ1v) is 5.98. The highest BCUT2D eigenvalue weighted by molar-refractivity contribution is 5.55. The highest BCUT2D eigenvalue weighted by Gasteiger charge is 2.21. The number of hydrogen-bond acceptors (Lipinski definition) is 3. The summed E-state index contributed by atoms with van der Waals surface area (Å²) in [6.07, 6.45) is 0.676. The maximum Gasteiger partial charge on any atom is 0.123 e. The number of aliphatic hydroxyl groups is 2. The molecule has 0 aliphatic carbocycles. The summed E-state index contributed by atoms with van der Waals surface area (Å²) in [5, 5.41) is 19.3. The van der Waals surface area contributed by atoms with Crippen LogP contribution < -0.4 is 4.90 Å². The van der Waals surface area contributed by atoms with Gasteiger partial charge in [-0.1, -0.05) is 0 Å². The van der Waals surface area contributed by atoms with Crippen molar-refractivity contribution in [2.75, 3.05) is 18.0 Å². The predicted molar refractivity (Wildman–Crippen MR) is 64.5 cm³/mol. The van der Waals surface area contributed by atoms with Crippen molar-refractivity contribution in [3.63, 3.8) is 0 Å². The van der Waals surface area contributed by atoms with Crippen LogP contribution in [0.15, 0.2) is 18.2 Å². The second-order valence-corrected chi connectivity index (χ2v) is 4.62. The summed E-state index contributed by atoms with van der Waals surface area (Å²) in [7, 11) is 0. The minimum Gasteiger partial charge on any atom is -0.391 e. The second-order valence-electron chi connectivity index (χ2n) is 4.62. The molecular weight excluding hydrogens is 221 g/mol. The summed E-state index contributed by atoms with van der Waals surface area (Å²) in [6, 6.07) is 4.43. The number of aliphatic hydroxyl groups excluding tert-OH is 2. The summed E-state index contributed by atoms with van der Waals surface area (Å²) in [5.74, 6) is -0.345. The first kappa shape index (κ1) is 12.3. The Hall–Kier alpha value is -1.13. The molecule has 0 amide bonds. The largest absolute Gasteiger partial charge is 0.391 e. The van der Waals surface area contributed by atoms with Gasteiger partial charge in [0.25, 0.3) is 0 Å².